The van der Waals surface area contributed by atoms with Crippen molar-refractivity contribution >= 4 is 12.4 Å². The van der Waals surface area contributed by atoms with Crippen molar-refractivity contribution in [3.05, 3.63) is 35.4 Å². The van der Waals surface area contributed by atoms with Gasteiger partial charge in [-0.2, -0.15) is 0 Å². The Morgan fingerprint density at radius 3 is 2.15 bits per heavy atom. The maximum Gasteiger partial charge on any atom is 0.109 e. The van der Waals surface area contributed by atoms with Crippen LogP contribution in [0.5, 0.6) is 0 Å². The lowest BCUT2D eigenvalue weighted by atomic mass is 9.86. The van der Waals surface area contributed by atoms with Gasteiger partial charge in [-0.15, -0.1) is 12.4 Å². The molecule has 1 heterocycles. The van der Waals surface area contributed by atoms with Crippen LogP contribution >= 0.6 is 12.4 Å². The van der Waals surface area contributed by atoms with Crippen molar-refractivity contribution in [3.8, 4) is 0 Å². The van der Waals surface area contributed by atoms with Gasteiger partial charge < -0.3 is 5.32 Å². The minimum atomic E-state index is -0.311. The smallest absolute Gasteiger partial charge is 0.109 e. The molecule has 4 heteroatoms. The molecule has 0 aromatic heterocycles. The van der Waals surface area contributed by atoms with Gasteiger partial charge in [0.15, 0.2) is 0 Å². The number of piperazine rings is 1. The standard InChI is InChI=1S/C16H25FN2.ClH/c1-16(2,3)14-6-4-13(5-7-14)15(12-17)19-10-8-18-9-11-19;/h4-7,15,18H,8-12H2,1-3H3;1H/t15-;/m0./s1. The number of hydrogen-bond acceptors (Lipinski definition) is 2. The molecular formula is C16H26ClFN2. The topological polar surface area (TPSA) is 15.3 Å². The van der Waals surface area contributed by atoms with Crippen LogP contribution in [0.2, 0.25) is 0 Å². The number of nitrogens with zero attached hydrogens (tertiary/aromatic N) is 1. The molecule has 0 unspecified atom stereocenters. The predicted octanol–water partition coefficient (Wildman–Crippen LogP) is 3.32. The molecule has 20 heavy (non-hydrogen) atoms. The molecular weight excluding hydrogens is 275 g/mol. The summed E-state index contributed by atoms with van der Waals surface area (Å²) in [5, 5.41) is 3.31. The van der Waals surface area contributed by atoms with Crippen molar-refractivity contribution in [2.45, 2.75) is 32.2 Å². The Kier molecular flexibility index (Phi) is 6.44. The lowest BCUT2D eigenvalue weighted by Gasteiger charge is -2.34. The van der Waals surface area contributed by atoms with Crippen molar-refractivity contribution in [2.75, 3.05) is 32.9 Å². The summed E-state index contributed by atoms with van der Waals surface area (Å²) in [7, 11) is 0. The summed E-state index contributed by atoms with van der Waals surface area (Å²) in [4.78, 5) is 2.24. The molecule has 1 saturated heterocycles. The zero-order valence-electron chi connectivity index (χ0n) is 12.7. The number of nitrogens with one attached hydrogen (secondary N) is 1. The second kappa shape index (κ2) is 7.39. The van der Waals surface area contributed by atoms with Gasteiger partial charge in [0, 0.05) is 26.2 Å². The third-order valence-electron chi connectivity index (χ3n) is 3.90. The monoisotopic (exact) mass is 300 g/mol. The Labute approximate surface area is 128 Å². The first-order valence-electron chi connectivity index (χ1n) is 7.13. The normalized spacial score (nSPS) is 18.4. The van der Waals surface area contributed by atoms with Gasteiger partial charge in [-0.25, -0.2) is 4.39 Å². The molecule has 1 aliphatic heterocycles. The van der Waals surface area contributed by atoms with E-state index in [4.69, 9.17) is 0 Å². The molecule has 0 aliphatic carbocycles. The van der Waals surface area contributed by atoms with Crippen LogP contribution < -0.4 is 5.32 Å². The van der Waals surface area contributed by atoms with Crippen LogP contribution in [-0.2, 0) is 5.41 Å². The first kappa shape index (κ1) is 17.4. The van der Waals surface area contributed by atoms with Gasteiger partial charge in [0.25, 0.3) is 0 Å². The Morgan fingerprint density at radius 1 is 1.15 bits per heavy atom. The highest BCUT2D eigenvalue weighted by Gasteiger charge is 2.22. The van der Waals surface area contributed by atoms with E-state index < -0.39 is 0 Å². The van der Waals surface area contributed by atoms with Gasteiger partial charge in [0.1, 0.15) is 6.67 Å². The van der Waals surface area contributed by atoms with Crippen LogP contribution in [0.3, 0.4) is 0 Å². The highest BCUT2D eigenvalue weighted by atomic mass is 35.5. The number of alkyl halides is 1. The lowest BCUT2D eigenvalue weighted by Crippen LogP contribution is -2.45. The van der Waals surface area contributed by atoms with Crippen molar-refractivity contribution in [2.24, 2.45) is 0 Å². The molecule has 1 aromatic rings. The SMILES string of the molecule is CC(C)(C)c1ccc([C@H](CF)N2CCNCC2)cc1.Cl. The molecule has 2 nitrogen and oxygen atoms in total. The lowest BCUT2D eigenvalue weighted by molar-refractivity contribution is 0.147. The number of hydrogen-bond donors (Lipinski definition) is 1. The van der Waals surface area contributed by atoms with E-state index in [1.165, 1.54) is 5.56 Å². The molecule has 1 atom stereocenters. The van der Waals surface area contributed by atoms with Crippen LogP contribution in [0.15, 0.2) is 24.3 Å². The summed E-state index contributed by atoms with van der Waals surface area (Å²) < 4.78 is 13.4. The van der Waals surface area contributed by atoms with Crippen molar-refractivity contribution < 1.29 is 4.39 Å². The summed E-state index contributed by atoms with van der Waals surface area (Å²) in [5.41, 5.74) is 2.55. The predicted molar refractivity (Wildman–Crippen MR) is 85.5 cm³/mol. The van der Waals surface area contributed by atoms with Gasteiger partial charge in [-0.05, 0) is 16.5 Å². The van der Waals surface area contributed by atoms with Crippen molar-refractivity contribution in [1.82, 2.24) is 10.2 Å². The van der Waals surface area contributed by atoms with Gasteiger partial charge in [-0.1, -0.05) is 45.0 Å². The Bertz CT molecular complexity index is 394. The average molecular weight is 301 g/mol. The Hall–Kier alpha value is -0.640. The van der Waals surface area contributed by atoms with E-state index in [0.717, 1.165) is 31.7 Å². The average Bonchev–Trinajstić information content (AvgIpc) is 2.40. The van der Waals surface area contributed by atoms with E-state index in [-0.39, 0.29) is 30.5 Å². The fraction of sp³-hybridized carbons (Fsp3) is 0.625. The molecule has 114 valence electrons. The molecule has 0 bridgehead atoms. The molecule has 2 rings (SSSR count). The van der Waals surface area contributed by atoms with Gasteiger partial charge >= 0.3 is 0 Å². The molecule has 0 spiro atoms. The van der Waals surface area contributed by atoms with E-state index in [1.807, 2.05) is 0 Å². The minimum absolute atomic E-state index is 0. The second-order valence-corrected chi connectivity index (χ2v) is 6.33. The molecule has 1 N–H and O–H groups in total. The van der Waals surface area contributed by atoms with E-state index in [2.05, 4.69) is 55.3 Å². The quantitative estimate of drug-likeness (QED) is 0.921. The van der Waals surface area contributed by atoms with E-state index in [9.17, 15) is 4.39 Å². The fourth-order valence-electron chi connectivity index (χ4n) is 2.60. The van der Waals surface area contributed by atoms with E-state index in [1.54, 1.807) is 0 Å². The Morgan fingerprint density at radius 2 is 1.70 bits per heavy atom. The highest BCUT2D eigenvalue weighted by Crippen LogP contribution is 2.26. The van der Waals surface area contributed by atoms with Crippen LogP contribution in [0.4, 0.5) is 4.39 Å². The van der Waals surface area contributed by atoms with Crippen LogP contribution in [0, 0.1) is 0 Å². The van der Waals surface area contributed by atoms with Gasteiger partial charge in [0.05, 0.1) is 6.04 Å². The zero-order chi connectivity index (χ0) is 13.9. The third-order valence-corrected chi connectivity index (χ3v) is 3.90. The summed E-state index contributed by atoms with van der Waals surface area (Å²) >= 11 is 0. The number of rotatable bonds is 3. The molecule has 1 fully saturated rings. The summed E-state index contributed by atoms with van der Waals surface area (Å²) in [5.74, 6) is 0. The first-order chi connectivity index (χ1) is 9.02. The first-order valence-corrected chi connectivity index (χ1v) is 7.13. The molecule has 1 aromatic carbocycles. The molecule has 0 saturated carbocycles. The third kappa shape index (κ3) is 4.18. The van der Waals surface area contributed by atoms with Crippen LogP contribution in [0.1, 0.15) is 37.9 Å². The summed E-state index contributed by atoms with van der Waals surface area (Å²) in [6, 6.07) is 8.37. The van der Waals surface area contributed by atoms with Crippen molar-refractivity contribution in [3.63, 3.8) is 0 Å². The highest BCUT2D eigenvalue weighted by molar-refractivity contribution is 5.85. The molecule has 1 aliphatic rings. The maximum absolute atomic E-state index is 13.4. The largest absolute Gasteiger partial charge is 0.314 e. The maximum atomic E-state index is 13.4. The fourth-order valence-corrected chi connectivity index (χ4v) is 2.60. The van der Waals surface area contributed by atoms with Crippen LogP contribution in [0.25, 0.3) is 0 Å². The minimum Gasteiger partial charge on any atom is -0.314 e. The molecule has 0 radical (unpaired) electrons. The number of halogens is 2. The van der Waals surface area contributed by atoms with E-state index in [0.29, 0.717) is 0 Å². The van der Waals surface area contributed by atoms with Gasteiger partial charge in [-0.3, -0.25) is 4.90 Å². The van der Waals surface area contributed by atoms with E-state index >= 15 is 0 Å². The Balaban J connectivity index is 0.00000200. The summed E-state index contributed by atoms with van der Waals surface area (Å²) in [6.45, 7) is 10.0. The second-order valence-electron chi connectivity index (χ2n) is 6.33. The molecule has 0 amide bonds. The van der Waals surface area contributed by atoms with Crippen LogP contribution in [-0.4, -0.2) is 37.8 Å². The van der Waals surface area contributed by atoms with Crippen molar-refractivity contribution in [1.29, 1.82) is 0 Å². The summed E-state index contributed by atoms with van der Waals surface area (Å²) in [6.07, 6.45) is 0. The number of benzene rings is 1. The van der Waals surface area contributed by atoms with Gasteiger partial charge in [0.2, 0.25) is 0 Å². The zero-order valence-corrected chi connectivity index (χ0v) is 13.5.